The number of hydrogen-bond donors (Lipinski definition) is 1. The Labute approximate surface area is 159 Å². The van der Waals surface area contributed by atoms with Gasteiger partial charge in [-0.25, -0.2) is 0 Å². The second-order valence-corrected chi connectivity index (χ2v) is 9.34. The topological polar surface area (TPSA) is 55.8 Å². The van der Waals surface area contributed by atoms with E-state index in [-0.39, 0.29) is 17.5 Å². The number of carbonyl (C=O) groups excluding carboxylic acids is 1. The molecule has 26 heavy (non-hydrogen) atoms. The average molecular weight is 367 g/mol. The average Bonchev–Trinajstić information content (AvgIpc) is 2.69. The van der Waals surface area contributed by atoms with Gasteiger partial charge in [-0.15, -0.1) is 0 Å². The number of hydrogen-bond acceptors (Lipinski definition) is 4. The molecule has 0 aromatic heterocycles. The van der Waals surface area contributed by atoms with E-state index in [9.17, 15) is 9.90 Å². The molecule has 3 aliphatic carbocycles. The van der Waals surface area contributed by atoms with Gasteiger partial charge in [0.15, 0.2) is 0 Å². The van der Waals surface area contributed by atoms with Gasteiger partial charge in [0.05, 0.1) is 18.8 Å². The largest absolute Gasteiger partial charge is 0.465 e. The third kappa shape index (κ3) is 4.11. The molecule has 4 nitrogen and oxygen atoms in total. The molecule has 3 saturated carbocycles. The Morgan fingerprint density at radius 3 is 2.65 bits per heavy atom. The molecule has 0 radical (unpaired) electrons. The number of rotatable bonds is 3. The normalized spacial score (nSPS) is 44.0. The quantitative estimate of drug-likeness (QED) is 0.755. The minimum Gasteiger partial charge on any atom is -0.465 e. The first-order chi connectivity index (χ1) is 12.5. The second-order valence-electron chi connectivity index (χ2n) is 9.34. The van der Waals surface area contributed by atoms with Crippen LogP contribution in [0.15, 0.2) is 0 Å². The van der Waals surface area contributed by atoms with Crippen molar-refractivity contribution in [3.8, 4) is 0 Å². The van der Waals surface area contributed by atoms with Gasteiger partial charge in [-0.05, 0) is 75.0 Å². The number of carbonyl (C=O) groups is 1. The fourth-order valence-electron chi connectivity index (χ4n) is 6.55. The van der Waals surface area contributed by atoms with Crippen LogP contribution < -0.4 is 0 Å². The number of aliphatic hydroxyl groups excluding tert-OH is 1. The summed E-state index contributed by atoms with van der Waals surface area (Å²) in [7, 11) is 1.85. The SMILES string of the molecule is COC1CCCC2CCC3CC(O)CCC3(COC(C)=O)C2CCC1C. The van der Waals surface area contributed by atoms with Crippen LogP contribution >= 0.6 is 0 Å². The van der Waals surface area contributed by atoms with Crippen LogP contribution in [0.3, 0.4) is 0 Å². The molecule has 3 rings (SSSR count). The minimum atomic E-state index is -0.171. The van der Waals surface area contributed by atoms with Crippen molar-refractivity contribution in [2.45, 2.75) is 90.3 Å². The second kappa shape index (κ2) is 8.60. The standard InChI is InChI=1S/C22H38O4/c1-15-7-10-20-17(5-4-6-21(15)25-3)8-9-18-13-19(24)11-12-22(18,20)14-26-16(2)23/h15,17-21,24H,4-14H2,1-3H3. The third-order valence-electron chi connectivity index (χ3n) is 7.98. The van der Waals surface area contributed by atoms with Gasteiger partial charge in [-0.1, -0.05) is 19.8 Å². The van der Waals surface area contributed by atoms with Crippen molar-refractivity contribution < 1.29 is 19.4 Å². The molecule has 7 unspecified atom stereocenters. The highest BCUT2D eigenvalue weighted by Crippen LogP contribution is 2.58. The minimum absolute atomic E-state index is 0.0838. The van der Waals surface area contributed by atoms with Crippen LogP contribution in [0.5, 0.6) is 0 Å². The van der Waals surface area contributed by atoms with Crippen LogP contribution in [0.2, 0.25) is 0 Å². The van der Waals surface area contributed by atoms with Gasteiger partial charge in [0.1, 0.15) is 0 Å². The summed E-state index contributed by atoms with van der Waals surface area (Å²) in [5.41, 5.74) is 0.0838. The Bertz CT molecular complexity index is 479. The highest BCUT2D eigenvalue weighted by Gasteiger charge is 2.53. The summed E-state index contributed by atoms with van der Waals surface area (Å²) < 4.78 is 11.4. The molecule has 4 heteroatoms. The van der Waals surface area contributed by atoms with Crippen molar-refractivity contribution in [3.05, 3.63) is 0 Å². The molecular formula is C22H38O4. The smallest absolute Gasteiger partial charge is 0.302 e. The van der Waals surface area contributed by atoms with E-state index in [1.165, 1.54) is 51.9 Å². The first-order valence-electron chi connectivity index (χ1n) is 10.8. The number of methoxy groups -OCH3 is 1. The van der Waals surface area contributed by atoms with Crippen LogP contribution in [0, 0.1) is 29.1 Å². The molecule has 0 aliphatic heterocycles. The lowest BCUT2D eigenvalue weighted by Crippen LogP contribution is -2.52. The number of fused-ring (bicyclic) bond motifs is 3. The Hall–Kier alpha value is -0.610. The molecule has 0 aromatic carbocycles. The van der Waals surface area contributed by atoms with Crippen molar-refractivity contribution in [1.82, 2.24) is 0 Å². The Morgan fingerprint density at radius 1 is 1.12 bits per heavy atom. The van der Waals surface area contributed by atoms with E-state index in [2.05, 4.69) is 6.92 Å². The first kappa shape index (κ1) is 20.1. The summed E-state index contributed by atoms with van der Waals surface area (Å²) in [5.74, 6) is 2.27. The molecule has 150 valence electrons. The molecule has 7 atom stereocenters. The fraction of sp³-hybridized carbons (Fsp3) is 0.955. The zero-order valence-corrected chi connectivity index (χ0v) is 16.9. The molecule has 0 spiro atoms. The van der Waals surface area contributed by atoms with Gasteiger partial charge in [0, 0.05) is 19.4 Å². The van der Waals surface area contributed by atoms with Crippen molar-refractivity contribution >= 4 is 5.97 Å². The predicted octanol–water partition coefficient (Wildman–Crippen LogP) is 4.34. The maximum atomic E-state index is 11.6. The lowest BCUT2D eigenvalue weighted by molar-refractivity contribution is -0.160. The van der Waals surface area contributed by atoms with Gasteiger partial charge in [-0.2, -0.15) is 0 Å². The van der Waals surface area contributed by atoms with Gasteiger partial charge >= 0.3 is 5.97 Å². The lowest BCUT2D eigenvalue weighted by Gasteiger charge is -2.56. The zero-order chi connectivity index (χ0) is 18.7. The van der Waals surface area contributed by atoms with Gasteiger partial charge in [0.25, 0.3) is 0 Å². The van der Waals surface area contributed by atoms with Gasteiger partial charge in [0.2, 0.25) is 0 Å². The van der Waals surface area contributed by atoms with E-state index in [1.807, 2.05) is 7.11 Å². The molecule has 0 saturated heterocycles. The van der Waals surface area contributed by atoms with Crippen molar-refractivity contribution in [3.63, 3.8) is 0 Å². The molecule has 3 aliphatic rings. The molecule has 1 N–H and O–H groups in total. The Kier molecular flexibility index (Phi) is 6.66. The molecular weight excluding hydrogens is 328 g/mol. The van der Waals surface area contributed by atoms with Crippen LogP contribution in [0.1, 0.15) is 78.1 Å². The summed E-state index contributed by atoms with van der Waals surface area (Å²) >= 11 is 0. The van der Waals surface area contributed by atoms with Crippen LogP contribution in [0.25, 0.3) is 0 Å². The molecule has 3 fully saturated rings. The monoisotopic (exact) mass is 366 g/mol. The maximum Gasteiger partial charge on any atom is 0.302 e. The van der Waals surface area contributed by atoms with E-state index < -0.39 is 0 Å². The van der Waals surface area contributed by atoms with Gasteiger partial charge < -0.3 is 14.6 Å². The van der Waals surface area contributed by atoms with Crippen molar-refractivity contribution in [2.24, 2.45) is 29.1 Å². The number of esters is 1. The highest BCUT2D eigenvalue weighted by molar-refractivity contribution is 5.65. The zero-order valence-electron chi connectivity index (χ0n) is 16.9. The van der Waals surface area contributed by atoms with E-state index in [1.54, 1.807) is 0 Å². The summed E-state index contributed by atoms with van der Waals surface area (Å²) in [6.07, 6.45) is 11.5. The number of ether oxygens (including phenoxy) is 2. The summed E-state index contributed by atoms with van der Waals surface area (Å²) in [5, 5.41) is 10.3. The predicted molar refractivity (Wildman–Crippen MR) is 102 cm³/mol. The van der Waals surface area contributed by atoms with E-state index in [0.717, 1.165) is 25.2 Å². The Balaban J connectivity index is 1.85. The van der Waals surface area contributed by atoms with Crippen molar-refractivity contribution in [2.75, 3.05) is 13.7 Å². The molecule has 0 bridgehead atoms. The van der Waals surface area contributed by atoms with Crippen LogP contribution in [-0.4, -0.2) is 37.0 Å². The fourth-order valence-corrected chi connectivity index (χ4v) is 6.55. The van der Waals surface area contributed by atoms with E-state index in [4.69, 9.17) is 9.47 Å². The number of aliphatic hydroxyl groups is 1. The highest BCUT2D eigenvalue weighted by atomic mass is 16.5. The summed E-state index contributed by atoms with van der Waals surface area (Å²) in [4.78, 5) is 11.6. The van der Waals surface area contributed by atoms with Crippen molar-refractivity contribution in [1.29, 1.82) is 0 Å². The van der Waals surface area contributed by atoms with E-state index in [0.29, 0.717) is 30.5 Å². The maximum absolute atomic E-state index is 11.6. The van der Waals surface area contributed by atoms with E-state index >= 15 is 0 Å². The van der Waals surface area contributed by atoms with Gasteiger partial charge in [-0.3, -0.25) is 4.79 Å². The summed E-state index contributed by atoms with van der Waals surface area (Å²) in [6, 6.07) is 0. The van der Waals surface area contributed by atoms with Crippen LogP contribution in [0.4, 0.5) is 0 Å². The third-order valence-corrected chi connectivity index (χ3v) is 7.98. The van der Waals surface area contributed by atoms with Crippen LogP contribution in [-0.2, 0) is 14.3 Å². The molecule has 0 aromatic rings. The first-order valence-corrected chi connectivity index (χ1v) is 10.8. The lowest BCUT2D eigenvalue weighted by atomic mass is 9.50. The Morgan fingerprint density at radius 2 is 1.92 bits per heavy atom. The molecule has 0 amide bonds. The molecule has 0 heterocycles. The summed E-state index contributed by atoms with van der Waals surface area (Å²) in [6.45, 7) is 4.42.